The van der Waals surface area contributed by atoms with Gasteiger partial charge in [-0.05, 0) is 24.1 Å². The number of hydrogen-bond donors (Lipinski definition) is 1. The molecule has 0 saturated heterocycles. The van der Waals surface area contributed by atoms with Crippen LogP contribution in [-0.2, 0) is 0 Å². The maximum Gasteiger partial charge on any atom is 0.0790 e. The van der Waals surface area contributed by atoms with Crippen LogP contribution in [0.3, 0.4) is 0 Å². The molecule has 15 heavy (non-hydrogen) atoms. The van der Waals surface area contributed by atoms with Gasteiger partial charge >= 0.3 is 0 Å². The number of benzene rings is 1. The summed E-state index contributed by atoms with van der Waals surface area (Å²) in [5, 5.41) is 10.6. The molecule has 0 heterocycles. The highest BCUT2D eigenvalue weighted by atomic mass is 35.5. The van der Waals surface area contributed by atoms with Crippen molar-refractivity contribution in [3.8, 4) is 0 Å². The van der Waals surface area contributed by atoms with E-state index in [1.807, 2.05) is 24.3 Å². The summed E-state index contributed by atoms with van der Waals surface area (Å²) in [5.74, 6) is 0. The Kier molecular flexibility index (Phi) is 5.74. The van der Waals surface area contributed by atoms with Gasteiger partial charge in [-0.25, -0.2) is 0 Å². The minimum absolute atomic E-state index is 0.334. The number of halogens is 1. The van der Waals surface area contributed by atoms with Gasteiger partial charge in [0.25, 0.3) is 0 Å². The lowest BCUT2D eigenvalue weighted by atomic mass is 10.0. The van der Waals surface area contributed by atoms with Crippen molar-refractivity contribution < 1.29 is 5.11 Å². The Balaban J connectivity index is 2.33. The Morgan fingerprint density at radius 1 is 1.13 bits per heavy atom. The smallest absolute Gasteiger partial charge is 0.0790 e. The van der Waals surface area contributed by atoms with E-state index in [0.717, 1.165) is 23.4 Å². The van der Waals surface area contributed by atoms with Crippen LogP contribution in [0.5, 0.6) is 0 Å². The molecule has 0 aliphatic heterocycles. The Morgan fingerprint density at radius 2 is 1.80 bits per heavy atom. The molecule has 84 valence electrons. The molecule has 1 N–H and O–H groups in total. The fourth-order valence-electron chi connectivity index (χ4n) is 1.62. The summed E-state index contributed by atoms with van der Waals surface area (Å²) in [5.41, 5.74) is 0.968. The minimum atomic E-state index is -0.334. The molecule has 1 atom stereocenters. The number of hydrogen-bond acceptors (Lipinski definition) is 1. The third kappa shape index (κ3) is 4.67. The van der Waals surface area contributed by atoms with Crippen LogP contribution in [0, 0.1) is 0 Å². The fourth-order valence-corrected chi connectivity index (χ4v) is 1.74. The third-order valence-electron chi connectivity index (χ3n) is 2.59. The molecule has 1 rings (SSSR count). The van der Waals surface area contributed by atoms with Crippen LogP contribution in [0.25, 0.3) is 0 Å². The summed E-state index contributed by atoms with van der Waals surface area (Å²) >= 11 is 5.78. The van der Waals surface area contributed by atoms with Gasteiger partial charge in [0.1, 0.15) is 0 Å². The molecule has 0 radical (unpaired) electrons. The second kappa shape index (κ2) is 6.86. The first-order valence-electron chi connectivity index (χ1n) is 5.67. The number of aliphatic hydroxyl groups is 1. The van der Waals surface area contributed by atoms with Crippen molar-refractivity contribution >= 4 is 11.6 Å². The van der Waals surface area contributed by atoms with Gasteiger partial charge in [0.2, 0.25) is 0 Å². The topological polar surface area (TPSA) is 20.2 Å². The summed E-state index contributed by atoms with van der Waals surface area (Å²) in [6.45, 7) is 2.19. The first kappa shape index (κ1) is 12.5. The van der Waals surface area contributed by atoms with Crippen LogP contribution in [-0.4, -0.2) is 5.11 Å². The van der Waals surface area contributed by atoms with E-state index in [4.69, 9.17) is 11.6 Å². The summed E-state index contributed by atoms with van der Waals surface area (Å²) in [7, 11) is 0. The maximum absolute atomic E-state index is 9.87. The average Bonchev–Trinajstić information content (AvgIpc) is 2.25. The summed E-state index contributed by atoms with van der Waals surface area (Å²) < 4.78 is 0. The van der Waals surface area contributed by atoms with Crippen LogP contribution >= 0.6 is 11.6 Å². The quantitative estimate of drug-likeness (QED) is 0.716. The average molecular weight is 227 g/mol. The zero-order valence-electron chi connectivity index (χ0n) is 9.25. The lowest BCUT2D eigenvalue weighted by Crippen LogP contribution is -1.96. The second-order valence-electron chi connectivity index (χ2n) is 3.92. The first-order chi connectivity index (χ1) is 7.24. The molecule has 0 saturated carbocycles. The van der Waals surface area contributed by atoms with Crippen molar-refractivity contribution in [2.45, 2.75) is 45.1 Å². The number of aliphatic hydroxyl groups excluding tert-OH is 1. The number of rotatable bonds is 6. The van der Waals surface area contributed by atoms with Crippen LogP contribution < -0.4 is 0 Å². The molecule has 1 aromatic rings. The van der Waals surface area contributed by atoms with Crippen molar-refractivity contribution in [2.75, 3.05) is 0 Å². The Labute approximate surface area is 97.1 Å². The molecule has 2 heteroatoms. The van der Waals surface area contributed by atoms with E-state index >= 15 is 0 Å². The molecule has 1 aromatic carbocycles. The summed E-state index contributed by atoms with van der Waals surface area (Å²) in [4.78, 5) is 0. The summed E-state index contributed by atoms with van der Waals surface area (Å²) in [6.07, 6.45) is 5.31. The van der Waals surface area contributed by atoms with E-state index in [-0.39, 0.29) is 6.10 Å². The molecular formula is C13H19ClO. The largest absolute Gasteiger partial charge is 0.388 e. The highest BCUT2D eigenvalue weighted by Gasteiger charge is 2.06. The standard InChI is InChI=1S/C13H19ClO/c1-2-3-4-5-6-13(15)11-7-9-12(14)10-8-11/h7-10,13,15H,2-6H2,1H3. The zero-order chi connectivity index (χ0) is 11.1. The van der Waals surface area contributed by atoms with Gasteiger partial charge in [-0.1, -0.05) is 56.3 Å². The van der Waals surface area contributed by atoms with Gasteiger partial charge in [0.15, 0.2) is 0 Å². The molecule has 0 aliphatic rings. The van der Waals surface area contributed by atoms with Gasteiger partial charge in [-0.15, -0.1) is 0 Å². The van der Waals surface area contributed by atoms with Gasteiger partial charge in [-0.3, -0.25) is 0 Å². The van der Waals surface area contributed by atoms with Crippen molar-refractivity contribution in [2.24, 2.45) is 0 Å². The van der Waals surface area contributed by atoms with Gasteiger partial charge in [-0.2, -0.15) is 0 Å². The van der Waals surface area contributed by atoms with E-state index in [9.17, 15) is 5.11 Å². The molecule has 0 aromatic heterocycles. The molecule has 0 amide bonds. The lowest BCUT2D eigenvalue weighted by Gasteiger charge is -2.10. The predicted octanol–water partition coefficient (Wildman–Crippen LogP) is 4.34. The van der Waals surface area contributed by atoms with Crippen LogP contribution in [0.15, 0.2) is 24.3 Å². The minimum Gasteiger partial charge on any atom is -0.388 e. The lowest BCUT2D eigenvalue weighted by molar-refractivity contribution is 0.163. The molecular weight excluding hydrogens is 208 g/mol. The normalized spacial score (nSPS) is 12.7. The molecule has 0 spiro atoms. The molecule has 1 unspecified atom stereocenters. The van der Waals surface area contributed by atoms with Crippen molar-refractivity contribution in [1.29, 1.82) is 0 Å². The van der Waals surface area contributed by atoms with Gasteiger partial charge in [0.05, 0.1) is 6.10 Å². The summed E-state index contributed by atoms with van der Waals surface area (Å²) in [6, 6.07) is 7.44. The third-order valence-corrected chi connectivity index (χ3v) is 2.84. The second-order valence-corrected chi connectivity index (χ2v) is 4.35. The zero-order valence-corrected chi connectivity index (χ0v) is 10.0. The highest BCUT2D eigenvalue weighted by Crippen LogP contribution is 2.21. The highest BCUT2D eigenvalue weighted by molar-refractivity contribution is 6.30. The number of unbranched alkanes of at least 4 members (excludes halogenated alkanes) is 3. The van der Waals surface area contributed by atoms with Crippen molar-refractivity contribution in [1.82, 2.24) is 0 Å². The Hall–Kier alpha value is -0.530. The van der Waals surface area contributed by atoms with Crippen LogP contribution in [0.2, 0.25) is 5.02 Å². The Morgan fingerprint density at radius 3 is 2.40 bits per heavy atom. The Bertz CT molecular complexity index is 268. The van der Waals surface area contributed by atoms with Gasteiger partial charge < -0.3 is 5.11 Å². The van der Waals surface area contributed by atoms with E-state index in [1.165, 1.54) is 19.3 Å². The monoisotopic (exact) mass is 226 g/mol. The molecule has 0 bridgehead atoms. The molecule has 0 fully saturated rings. The molecule has 0 aliphatic carbocycles. The predicted molar refractivity (Wildman–Crippen MR) is 65.2 cm³/mol. The van der Waals surface area contributed by atoms with Crippen LogP contribution in [0.1, 0.15) is 50.7 Å². The fraction of sp³-hybridized carbons (Fsp3) is 0.538. The van der Waals surface area contributed by atoms with E-state index in [0.29, 0.717) is 0 Å². The van der Waals surface area contributed by atoms with E-state index < -0.39 is 0 Å². The molecule has 1 nitrogen and oxygen atoms in total. The van der Waals surface area contributed by atoms with Crippen molar-refractivity contribution in [3.63, 3.8) is 0 Å². The van der Waals surface area contributed by atoms with Crippen LogP contribution in [0.4, 0.5) is 0 Å². The van der Waals surface area contributed by atoms with Crippen molar-refractivity contribution in [3.05, 3.63) is 34.9 Å². The first-order valence-corrected chi connectivity index (χ1v) is 6.05. The SMILES string of the molecule is CCCCCCC(O)c1ccc(Cl)cc1. The maximum atomic E-state index is 9.87. The van der Waals surface area contributed by atoms with E-state index in [2.05, 4.69) is 6.92 Å². The van der Waals surface area contributed by atoms with Gasteiger partial charge in [0, 0.05) is 5.02 Å². The van der Waals surface area contributed by atoms with E-state index in [1.54, 1.807) is 0 Å².